The van der Waals surface area contributed by atoms with E-state index in [1.165, 1.54) is 0 Å². The molecule has 0 aliphatic carbocycles. The number of halogens is 1. The van der Waals surface area contributed by atoms with Crippen LogP contribution in [0.5, 0.6) is 0 Å². The molecule has 0 aromatic heterocycles. The van der Waals surface area contributed by atoms with Crippen LogP contribution < -0.4 is 21.2 Å². The fourth-order valence-corrected chi connectivity index (χ4v) is 6.93. The molecule has 1 aromatic rings. The fourth-order valence-electron chi connectivity index (χ4n) is 2.72. The van der Waals surface area contributed by atoms with E-state index in [0.29, 0.717) is 10.5 Å². The summed E-state index contributed by atoms with van der Waals surface area (Å²) in [7, 11) is 0. The van der Waals surface area contributed by atoms with E-state index in [1.807, 2.05) is 30.3 Å². The molecule has 2 aliphatic rings. The number of carbonyl (C=O) groups excluding carboxylic acids is 1. The van der Waals surface area contributed by atoms with E-state index in [1.54, 1.807) is 4.90 Å². The monoisotopic (exact) mass is 374 g/mol. The van der Waals surface area contributed by atoms with Crippen molar-refractivity contribution in [1.82, 2.24) is 4.90 Å². The van der Waals surface area contributed by atoms with Gasteiger partial charge in [0.1, 0.15) is 0 Å². The second-order valence-electron chi connectivity index (χ2n) is 5.12. The number of ether oxygens (including phenoxy) is 1. The van der Waals surface area contributed by atoms with E-state index in [0.717, 1.165) is 23.0 Å². The predicted molar refractivity (Wildman–Crippen MR) is 66.4 cm³/mol. The minimum absolute atomic E-state index is 0.0731. The number of carbonyl (C=O) groups is 1. The van der Waals surface area contributed by atoms with Gasteiger partial charge in [0.2, 0.25) is 0 Å². The number of alkyl halides is 2. The molecule has 2 saturated heterocycles. The van der Waals surface area contributed by atoms with Crippen molar-refractivity contribution in [2.75, 3.05) is 17.6 Å². The third kappa shape index (κ3) is 2.45. The Bertz CT molecular complexity index is 467. The van der Waals surface area contributed by atoms with Gasteiger partial charge in [-0.3, -0.25) is 0 Å². The number of hydrogen-bond donors (Lipinski definition) is 1. The first-order chi connectivity index (χ1) is 9.23. The summed E-state index contributed by atoms with van der Waals surface area (Å²) in [5.74, 6) is 0. The Morgan fingerprint density at radius 3 is 2.95 bits per heavy atom. The first kappa shape index (κ1) is 13.2. The summed E-state index contributed by atoms with van der Waals surface area (Å²) in [6.45, 7) is 1.16. The Kier molecular flexibility index (Phi) is 3.66. The third-order valence-corrected chi connectivity index (χ3v) is 7.76. The van der Waals surface area contributed by atoms with E-state index in [-0.39, 0.29) is 39.4 Å². The van der Waals surface area contributed by atoms with Crippen LogP contribution in [-0.4, -0.2) is 43.1 Å². The van der Waals surface area contributed by atoms with Gasteiger partial charge in [0.15, 0.2) is 0 Å². The van der Waals surface area contributed by atoms with Gasteiger partial charge in [-0.2, -0.15) is 0 Å². The molecule has 3 rings (SSSR count). The summed E-state index contributed by atoms with van der Waals surface area (Å²) < 4.78 is 7.04. The second-order valence-corrected chi connectivity index (χ2v) is 8.53. The van der Waals surface area contributed by atoms with Crippen molar-refractivity contribution in [2.45, 2.75) is 22.5 Å². The van der Waals surface area contributed by atoms with E-state index in [9.17, 15) is 9.90 Å². The number of rotatable bonds is 3. The van der Waals surface area contributed by atoms with Gasteiger partial charge in [-0.15, -0.1) is 0 Å². The summed E-state index contributed by atoms with van der Waals surface area (Å²) in [4.78, 5) is 13.9. The van der Waals surface area contributed by atoms with Crippen molar-refractivity contribution < 1.29 is 35.8 Å². The molecule has 1 aromatic carbocycles. The van der Waals surface area contributed by atoms with Crippen molar-refractivity contribution in [3.63, 3.8) is 0 Å². The van der Waals surface area contributed by atoms with Crippen molar-refractivity contribution in [3.8, 4) is 0 Å². The maximum atomic E-state index is 12.2. The molecule has 0 radical (unpaired) electrons. The number of likely N-dealkylation sites (tertiary alicyclic amines) is 1. The van der Waals surface area contributed by atoms with E-state index in [2.05, 4.69) is 0 Å². The number of fused-ring (bicyclic) bond motifs is 2. The van der Waals surface area contributed by atoms with Gasteiger partial charge < -0.3 is 0 Å². The molecule has 1 N–H and O–H groups in total. The summed E-state index contributed by atoms with van der Waals surface area (Å²) in [5.41, 5.74) is 0.691. The van der Waals surface area contributed by atoms with Crippen LogP contribution >= 0.6 is 0 Å². The zero-order valence-electron chi connectivity index (χ0n) is 10.6. The van der Waals surface area contributed by atoms with Gasteiger partial charge >= 0.3 is 123 Å². The van der Waals surface area contributed by atoms with Crippen molar-refractivity contribution in [2.24, 2.45) is 0 Å². The molecule has 2 fully saturated rings. The topological polar surface area (TPSA) is 49.8 Å². The number of hydrogen-bond acceptors (Lipinski definition) is 3. The number of aliphatic hydroxyl groups excluding tert-OH is 1. The van der Waals surface area contributed by atoms with Crippen LogP contribution in [0.4, 0.5) is 4.79 Å². The standard InChI is InChI=1S/C14H17INO3/c17-10-14-6-12(15-9-14)7-16(14)13(18)19-8-11-4-2-1-3-5-11/h1-5,12,17H,6-10H2/q-1/t12-,14+/m1/s1. The molecular formula is C14H17INO3-. The summed E-state index contributed by atoms with van der Waals surface area (Å²) in [5, 5.41) is 9.62. The molecule has 2 atom stereocenters. The zero-order valence-corrected chi connectivity index (χ0v) is 12.7. The third-order valence-electron chi connectivity index (χ3n) is 3.82. The Hall–Kier alpha value is -0.820. The molecule has 2 aliphatic heterocycles. The van der Waals surface area contributed by atoms with Gasteiger partial charge in [0.05, 0.1) is 0 Å². The Morgan fingerprint density at radius 2 is 2.26 bits per heavy atom. The molecule has 104 valence electrons. The Morgan fingerprint density at radius 1 is 1.47 bits per heavy atom. The molecule has 0 saturated carbocycles. The molecule has 1 amide bonds. The minimum atomic E-state index is -0.300. The zero-order chi connectivity index (χ0) is 13.3. The normalized spacial score (nSPS) is 29.1. The molecule has 2 heterocycles. The van der Waals surface area contributed by atoms with Crippen LogP contribution in [0, 0.1) is 0 Å². The number of aliphatic hydroxyl groups is 1. The van der Waals surface area contributed by atoms with Crippen molar-refractivity contribution in [1.29, 1.82) is 0 Å². The van der Waals surface area contributed by atoms with E-state index < -0.39 is 0 Å². The van der Waals surface area contributed by atoms with Crippen molar-refractivity contribution >= 4 is 6.09 Å². The van der Waals surface area contributed by atoms with E-state index in [4.69, 9.17) is 4.74 Å². The van der Waals surface area contributed by atoms with Gasteiger partial charge in [-0.1, -0.05) is 0 Å². The second kappa shape index (κ2) is 5.28. The first-order valence-electron chi connectivity index (χ1n) is 6.40. The predicted octanol–water partition coefficient (Wildman–Crippen LogP) is -1.77. The van der Waals surface area contributed by atoms with Crippen LogP contribution in [0.2, 0.25) is 0 Å². The van der Waals surface area contributed by atoms with Crippen LogP contribution in [0.15, 0.2) is 30.3 Å². The number of amides is 1. The van der Waals surface area contributed by atoms with Crippen LogP contribution in [0.3, 0.4) is 0 Å². The van der Waals surface area contributed by atoms with Gasteiger partial charge in [-0.25, -0.2) is 0 Å². The molecule has 19 heavy (non-hydrogen) atoms. The summed E-state index contributed by atoms with van der Waals surface area (Å²) >= 11 is 0.154. The summed E-state index contributed by atoms with van der Waals surface area (Å²) in [6.07, 6.45) is 0.695. The Labute approximate surface area is 123 Å². The molecule has 5 heteroatoms. The van der Waals surface area contributed by atoms with Gasteiger partial charge in [0, 0.05) is 0 Å². The van der Waals surface area contributed by atoms with Crippen LogP contribution in [0.25, 0.3) is 0 Å². The quantitative estimate of drug-likeness (QED) is 0.504. The molecule has 0 spiro atoms. The molecule has 4 nitrogen and oxygen atoms in total. The molecule has 0 unspecified atom stereocenters. The van der Waals surface area contributed by atoms with Crippen LogP contribution in [0.1, 0.15) is 12.0 Å². The van der Waals surface area contributed by atoms with Gasteiger partial charge in [0.25, 0.3) is 0 Å². The van der Waals surface area contributed by atoms with E-state index >= 15 is 0 Å². The van der Waals surface area contributed by atoms with Crippen LogP contribution in [-0.2, 0) is 11.3 Å². The average molecular weight is 374 g/mol. The Balaban J connectivity index is 1.62. The summed E-state index contributed by atoms with van der Waals surface area (Å²) in [6, 6.07) is 9.68. The number of benzene rings is 1. The molecule has 2 bridgehead atoms. The first-order valence-corrected chi connectivity index (χ1v) is 9.17. The average Bonchev–Trinajstić information content (AvgIpc) is 3.04. The van der Waals surface area contributed by atoms with Crippen molar-refractivity contribution in [3.05, 3.63) is 35.9 Å². The maximum absolute atomic E-state index is 12.2. The molecular weight excluding hydrogens is 357 g/mol. The number of nitrogens with zero attached hydrogens (tertiary/aromatic N) is 1. The fraction of sp³-hybridized carbons (Fsp3) is 0.500. The SMILES string of the molecule is O=C(OCc1ccccc1)N1C[C@H]2C[C@@]1(CO)C[I-]2. The van der Waals surface area contributed by atoms with Gasteiger partial charge in [-0.05, 0) is 0 Å².